The second kappa shape index (κ2) is 12.2. The first-order valence-electron chi connectivity index (χ1n) is 10.3. The van der Waals surface area contributed by atoms with Gasteiger partial charge >= 0.3 is 5.97 Å². The van der Waals surface area contributed by atoms with Crippen LogP contribution >= 0.6 is 0 Å². The van der Waals surface area contributed by atoms with E-state index >= 15 is 0 Å². The van der Waals surface area contributed by atoms with Crippen molar-refractivity contribution in [3.05, 3.63) is 72.1 Å². The fourth-order valence-corrected chi connectivity index (χ4v) is 4.39. The first-order valence-corrected chi connectivity index (χ1v) is 12.0. The van der Waals surface area contributed by atoms with E-state index in [9.17, 15) is 17.6 Å². The number of unbranched alkanes of at least 4 members (excludes halogenated alkanes) is 2. The third-order valence-corrected chi connectivity index (χ3v) is 6.38. The Morgan fingerprint density at radius 3 is 2.52 bits per heavy atom. The molecule has 168 valence electrons. The van der Waals surface area contributed by atoms with Gasteiger partial charge in [-0.05, 0) is 43.2 Å². The standard InChI is InChI=1S/C24H29FO5S/c1-3-4-6-13-21(30-24(26)19-11-7-5-8-12-19)14-9-10-17-31(27,28)23-18-20(25)15-16-22(23)29-2/h5,7-12,15-16,18,21H,3-4,6,13-14,17H2,1-2H3/b10-9+. The summed E-state index contributed by atoms with van der Waals surface area (Å²) in [7, 11) is -2.43. The molecule has 0 saturated heterocycles. The largest absolute Gasteiger partial charge is 0.495 e. The van der Waals surface area contributed by atoms with E-state index in [2.05, 4.69) is 6.92 Å². The number of sulfone groups is 1. The highest BCUT2D eigenvalue weighted by Crippen LogP contribution is 2.25. The Bertz CT molecular complexity index is 971. The van der Waals surface area contributed by atoms with E-state index in [-0.39, 0.29) is 22.5 Å². The van der Waals surface area contributed by atoms with Crippen molar-refractivity contribution < 1.29 is 27.1 Å². The lowest BCUT2D eigenvalue weighted by Crippen LogP contribution is -2.18. The van der Waals surface area contributed by atoms with Gasteiger partial charge in [-0.3, -0.25) is 0 Å². The van der Waals surface area contributed by atoms with E-state index in [4.69, 9.17) is 9.47 Å². The average Bonchev–Trinajstić information content (AvgIpc) is 2.77. The number of hydrogen-bond acceptors (Lipinski definition) is 5. The molecule has 2 aromatic rings. The van der Waals surface area contributed by atoms with E-state index < -0.39 is 21.6 Å². The van der Waals surface area contributed by atoms with Crippen LogP contribution in [0.15, 0.2) is 65.6 Å². The maximum absolute atomic E-state index is 13.5. The van der Waals surface area contributed by atoms with Gasteiger partial charge in [-0.25, -0.2) is 17.6 Å². The molecule has 0 aromatic heterocycles. The van der Waals surface area contributed by atoms with Gasteiger partial charge in [0.05, 0.1) is 18.4 Å². The van der Waals surface area contributed by atoms with Crippen LogP contribution in [0.2, 0.25) is 0 Å². The van der Waals surface area contributed by atoms with Crippen molar-refractivity contribution in [1.82, 2.24) is 0 Å². The molecular weight excluding hydrogens is 419 g/mol. The minimum atomic E-state index is -3.77. The molecule has 5 nitrogen and oxygen atoms in total. The van der Waals surface area contributed by atoms with Crippen LogP contribution in [0.5, 0.6) is 5.75 Å². The van der Waals surface area contributed by atoms with Gasteiger partial charge in [-0.2, -0.15) is 0 Å². The van der Waals surface area contributed by atoms with Crippen LogP contribution in [0, 0.1) is 5.82 Å². The van der Waals surface area contributed by atoms with Crippen molar-refractivity contribution >= 4 is 15.8 Å². The van der Waals surface area contributed by atoms with Crippen LogP contribution in [-0.4, -0.2) is 33.4 Å². The lowest BCUT2D eigenvalue weighted by molar-refractivity contribution is 0.0283. The number of carbonyl (C=O) groups excluding carboxylic acids is 1. The van der Waals surface area contributed by atoms with Crippen molar-refractivity contribution in [3.8, 4) is 5.75 Å². The maximum Gasteiger partial charge on any atom is 0.338 e. The fourth-order valence-electron chi connectivity index (χ4n) is 3.07. The van der Waals surface area contributed by atoms with Gasteiger partial charge < -0.3 is 9.47 Å². The van der Waals surface area contributed by atoms with Crippen molar-refractivity contribution in [2.75, 3.05) is 12.9 Å². The Hall–Kier alpha value is -2.67. The Kier molecular flexibility index (Phi) is 9.72. The van der Waals surface area contributed by atoms with Gasteiger partial charge in [0.15, 0.2) is 9.84 Å². The van der Waals surface area contributed by atoms with E-state index in [0.717, 1.165) is 31.4 Å². The maximum atomic E-state index is 13.5. The summed E-state index contributed by atoms with van der Waals surface area (Å²) >= 11 is 0. The van der Waals surface area contributed by atoms with Gasteiger partial charge in [0.1, 0.15) is 22.6 Å². The number of esters is 1. The quantitative estimate of drug-likeness (QED) is 0.248. The van der Waals surface area contributed by atoms with Crippen LogP contribution in [0.25, 0.3) is 0 Å². The van der Waals surface area contributed by atoms with Gasteiger partial charge in [0.2, 0.25) is 0 Å². The molecule has 0 bridgehead atoms. The summed E-state index contributed by atoms with van der Waals surface area (Å²) in [5.41, 5.74) is 0.479. The predicted octanol–water partition coefficient (Wildman–Crippen LogP) is 5.36. The molecule has 0 spiro atoms. The summed E-state index contributed by atoms with van der Waals surface area (Å²) in [6.07, 6.45) is 6.93. The molecule has 0 aliphatic heterocycles. The zero-order valence-corrected chi connectivity index (χ0v) is 18.7. The normalized spacial score (nSPS) is 12.6. The number of methoxy groups -OCH3 is 1. The Morgan fingerprint density at radius 1 is 1.10 bits per heavy atom. The van der Waals surface area contributed by atoms with Gasteiger partial charge in [0.25, 0.3) is 0 Å². The highest BCUT2D eigenvalue weighted by atomic mass is 32.2. The number of hydrogen-bond donors (Lipinski definition) is 0. The van der Waals surface area contributed by atoms with Gasteiger partial charge in [0, 0.05) is 6.42 Å². The predicted molar refractivity (Wildman–Crippen MR) is 119 cm³/mol. The minimum Gasteiger partial charge on any atom is -0.495 e. The molecule has 7 heteroatoms. The Morgan fingerprint density at radius 2 is 1.84 bits per heavy atom. The zero-order chi connectivity index (χ0) is 22.7. The molecule has 0 heterocycles. The third kappa shape index (κ3) is 7.83. The molecular formula is C24H29FO5S. The SMILES string of the molecule is CCCCCC(C/C=C/CS(=O)(=O)c1cc(F)ccc1OC)OC(=O)c1ccccc1. The van der Waals surface area contributed by atoms with Crippen LogP contribution in [-0.2, 0) is 14.6 Å². The summed E-state index contributed by atoms with van der Waals surface area (Å²) in [6.45, 7) is 2.09. The number of rotatable bonds is 12. The number of carbonyl (C=O) groups is 1. The molecule has 1 unspecified atom stereocenters. The van der Waals surface area contributed by atoms with Crippen molar-refractivity contribution in [2.24, 2.45) is 0 Å². The van der Waals surface area contributed by atoms with Crippen LogP contribution in [0.4, 0.5) is 4.39 Å². The summed E-state index contributed by atoms with van der Waals surface area (Å²) in [6, 6.07) is 12.2. The van der Waals surface area contributed by atoms with Crippen molar-refractivity contribution in [3.63, 3.8) is 0 Å². The van der Waals surface area contributed by atoms with Crippen LogP contribution < -0.4 is 4.74 Å². The molecule has 0 aliphatic carbocycles. The average molecular weight is 449 g/mol. The Labute approximate surface area is 183 Å². The van der Waals surface area contributed by atoms with Crippen molar-refractivity contribution in [1.29, 1.82) is 0 Å². The molecule has 31 heavy (non-hydrogen) atoms. The molecule has 0 radical (unpaired) electrons. The highest BCUT2D eigenvalue weighted by Gasteiger charge is 2.20. The minimum absolute atomic E-state index is 0.101. The lowest BCUT2D eigenvalue weighted by Gasteiger charge is -2.16. The molecule has 2 rings (SSSR count). The van der Waals surface area contributed by atoms with Crippen LogP contribution in [0.3, 0.4) is 0 Å². The smallest absolute Gasteiger partial charge is 0.338 e. The second-order valence-electron chi connectivity index (χ2n) is 7.17. The second-order valence-corrected chi connectivity index (χ2v) is 9.18. The fraction of sp³-hybridized carbons (Fsp3) is 0.375. The molecule has 0 saturated carbocycles. The van der Waals surface area contributed by atoms with E-state index in [0.29, 0.717) is 18.4 Å². The first kappa shape index (κ1) is 24.6. The number of ether oxygens (including phenoxy) is 2. The van der Waals surface area contributed by atoms with E-state index in [1.54, 1.807) is 30.3 Å². The van der Waals surface area contributed by atoms with E-state index in [1.807, 2.05) is 6.07 Å². The highest BCUT2D eigenvalue weighted by molar-refractivity contribution is 7.91. The van der Waals surface area contributed by atoms with Gasteiger partial charge in [-0.15, -0.1) is 0 Å². The molecule has 0 amide bonds. The lowest BCUT2D eigenvalue weighted by atomic mass is 10.1. The van der Waals surface area contributed by atoms with Crippen LogP contribution in [0.1, 0.15) is 49.4 Å². The number of halogens is 1. The Balaban J connectivity index is 2.02. The molecule has 2 aromatic carbocycles. The zero-order valence-electron chi connectivity index (χ0n) is 17.9. The third-order valence-electron chi connectivity index (χ3n) is 4.75. The molecule has 0 fully saturated rings. The molecule has 1 atom stereocenters. The summed E-state index contributed by atoms with van der Waals surface area (Å²) < 4.78 is 49.4. The number of benzene rings is 2. The monoisotopic (exact) mass is 448 g/mol. The summed E-state index contributed by atoms with van der Waals surface area (Å²) in [4.78, 5) is 12.2. The topological polar surface area (TPSA) is 69.7 Å². The summed E-state index contributed by atoms with van der Waals surface area (Å²) in [5.74, 6) is -1.25. The van der Waals surface area contributed by atoms with E-state index in [1.165, 1.54) is 19.3 Å². The van der Waals surface area contributed by atoms with Crippen molar-refractivity contribution in [2.45, 2.75) is 50.0 Å². The van der Waals surface area contributed by atoms with Gasteiger partial charge in [-0.1, -0.05) is 50.1 Å². The first-order chi connectivity index (χ1) is 14.9. The molecule has 0 N–H and O–H groups in total. The molecule has 0 aliphatic rings. The summed E-state index contributed by atoms with van der Waals surface area (Å²) in [5, 5.41) is 0.